The number of hydrogen-bond acceptors (Lipinski definition) is 4. The lowest BCUT2D eigenvalue weighted by atomic mass is 10.1. The van der Waals surface area contributed by atoms with Crippen LogP contribution < -0.4 is 5.32 Å². The number of aromatic nitrogens is 5. The molecule has 0 bridgehead atoms. The SMILES string of the molecule is Cc1nc(-c2cccc(NCc3ccc(-n4ccnc4)cc3)c2)n[nH]1. The Hall–Kier alpha value is -3.41. The van der Waals surface area contributed by atoms with Crippen LogP contribution in [0, 0.1) is 6.92 Å². The number of aromatic amines is 1. The largest absolute Gasteiger partial charge is 0.381 e. The number of nitrogens with one attached hydrogen (secondary N) is 2. The predicted molar refractivity (Wildman–Crippen MR) is 97.4 cm³/mol. The second-order valence-electron chi connectivity index (χ2n) is 5.82. The van der Waals surface area contributed by atoms with Gasteiger partial charge in [0.15, 0.2) is 5.82 Å². The van der Waals surface area contributed by atoms with Gasteiger partial charge in [-0.1, -0.05) is 24.3 Å². The molecule has 2 aromatic heterocycles. The number of rotatable bonds is 5. The molecule has 0 atom stereocenters. The lowest BCUT2D eigenvalue weighted by molar-refractivity contribution is 1.04. The van der Waals surface area contributed by atoms with Crippen LogP contribution in [0.4, 0.5) is 5.69 Å². The Morgan fingerprint density at radius 2 is 2.00 bits per heavy atom. The van der Waals surface area contributed by atoms with Crippen molar-refractivity contribution in [3.8, 4) is 17.1 Å². The van der Waals surface area contributed by atoms with Crippen LogP contribution in [0.1, 0.15) is 11.4 Å². The summed E-state index contributed by atoms with van der Waals surface area (Å²) < 4.78 is 1.99. The van der Waals surface area contributed by atoms with Gasteiger partial charge in [0, 0.05) is 35.9 Å². The standard InChI is InChI=1S/C19H18N6/c1-14-22-19(24-23-14)16-3-2-4-17(11-16)21-12-15-5-7-18(8-6-15)25-10-9-20-13-25/h2-11,13,21H,12H2,1H3,(H,22,23,24). The van der Waals surface area contributed by atoms with Crippen molar-refractivity contribution < 1.29 is 0 Å². The van der Waals surface area contributed by atoms with Gasteiger partial charge < -0.3 is 9.88 Å². The number of aryl methyl sites for hydroxylation is 1. The highest BCUT2D eigenvalue weighted by Crippen LogP contribution is 2.20. The molecule has 0 saturated carbocycles. The number of imidazole rings is 1. The van der Waals surface area contributed by atoms with Gasteiger partial charge in [0.05, 0.1) is 6.33 Å². The van der Waals surface area contributed by atoms with Gasteiger partial charge in [0.25, 0.3) is 0 Å². The van der Waals surface area contributed by atoms with E-state index in [0.29, 0.717) is 5.82 Å². The van der Waals surface area contributed by atoms with E-state index >= 15 is 0 Å². The van der Waals surface area contributed by atoms with E-state index in [0.717, 1.165) is 29.3 Å². The van der Waals surface area contributed by atoms with Crippen molar-refractivity contribution in [2.75, 3.05) is 5.32 Å². The molecule has 0 unspecified atom stereocenters. The van der Waals surface area contributed by atoms with Crippen LogP contribution in [0.5, 0.6) is 0 Å². The molecule has 2 aromatic carbocycles. The predicted octanol–water partition coefficient (Wildman–Crippen LogP) is 3.58. The number of anilines is 1. The van der Waals surface area contributed by atoms with Crippen molar-refractivity contribution in [1.82, 2.24) is 24.7 Å². The van der Waals surface area contributed by atoms with Crippen LogP contribution in [-0.2, 0) is 6.54 Å². The highest BCUT2D eigenvalue weighted by molar-refractivity contribution is 5.62. The third-order valence-corrected chi connectivity index (χ3v) is 3.95. The molecule has 0 amide bonds. The zero-order valence-corrected chi connectivity index (χ0v) is 13.8. The van der Waals surface area contributed by atoms with Crippen molar-refractivity contribution in [1.29, 1.82) is 0 Å². The smallest absolute Gasteiger partial charge is 0.181 e. The van der Waals surface area contributed by atoms with Crippen molar-refractivity contribution in [2.24, 2.45) is 0 Å². The molecule has 4 aromatic rings. The van der Waals surface area contributed by atoms with Gasteiger partial charge in [-0.3, -0.25) is 5.10 Å². The summed E-state index contributed by atoms with van der Waals surface area (Å²) in [4.78, 5) is 8.44. The number of benzene rings is 2. The van der Waals surface area contributed by atoms with Gasteiger partial charge >= 0.3 is 0 Å². The minimum atomic E-state index is 0.714. The highest BCUT2D eigenvalue weighted by atomic mass is 15.2. The maximum Gasteiger partial charge on any atom is 0.181 e. The van der Waals surface area contributed by atoms with E-state index in [1.54, 1.807) is 12.5 Å². The fraction of sp³-hybridized carbons (Fsp3) is 0.105. The molecule has 2 heterocycles. The lowest BCUT2D eigenvalue weighted by Gasteiger charge is -2.09. The summed E-state index contributed by atoms with van der Waals surface area (Å²) in [5.74, 6) is 1.53. The van der Waals surface area contributed by atoms with E-state index in [-0.39, 0.29) is 0 Å². The Labute approximate surface area is 145 Å². The average Bonchev–Trinajstić information content (AvgIpc) is 3.32. The molecule has 4 rings (SSSR count). The van der Waals surface area contributed by atoms with Gasteiger partial charge in [-0.2, -0.15) is 5.10 Å². The molecule has 0 saturated heterocycles. The Bertz CT molecular complexity index is 954. The van der Waals surface area contributed by atoms with E-state index in [1.807, 2.05) is 35.9 Å². The molecule has 0 radical (unpaired) electrons. The Balaban J connectivity index is 1.44. The van der Waals surface area contributed by atoms with Crippen molar-refractivity contribution in [2.45, 2.75) is 13.5 Å². The van der Waals surface area contributed by atoms with Gasteiger partial charge in [0.1, 0.15) is 5.82 Å². The molecule has 0 fully saturated rings. The maximum atomic E-state index is 4.37. The molecule has 0 spiro atoms. The minimum Gasteiger partial charge on any atom is -0.381 e. The molecule has 6 heteroatoms. The number of nitrogens with zero attached hydrogens (tertiary/aromatic N) is 4. The normalized spacial score (nSPS) is 10.8. The zero-order valence-electron chi connectivity index (χ0n) is 13.8. The van der Waals surface area contributed by atoms with Gasteiger partial charge in [0.2, 0.25) is 0 Å². The first-order valence-electron chi connectivity index (χ1n) is 8.08. The van der Waals surface area contributed by atoms with Crippen molar-refractivity contribution >= 4 is 5.69 Å². The summed E-state index contributed by atoms with van der Waals surface area (Å²) in [6.07, 6.45) is 5.51. The van der Waals surface area contributed by atoms with Crippen LogP contribution in [0.15, 0.2) is 67.3 Å². The van der Waals surface area contributed by atoms with E-state index in [4.69, 9.17) is 0 Å². The summed E-state index contributed by atoms with van der Waals surface area (Å²) >= 11 is 0. The van der Waals surface area contributed by atoms with Crippen LogP contribution >= 0.6 is 0 Å². The number of hydrogen-bond donors (Lipinski definition) is 2. The fourth-order valence-corrected chi connectivity index (χ4v) is 2.64. The van der Waals surface area contributed by atoms with E-state index in [1.165, 1.54) is 5.56 Å². The minimum absolute atomic E-state index is 0.714. The van der Waals surface area contributed by atoms with Crippen molar-refractivity contribution in [3.63, 3.8) is 0 Å². The molecule has 0 aliphatic rings. The van der Waals surface area contributed by atoms with Crippen LogP contribution in [-0.4, -0.2) is 24.7 Å². The molecule has 124 valence electrons. The van der Waals surface area contributed by atoms with Gasteiger partial charge in [-0.05, 0) is 36.8 Å². The summed E-state index contributed by atoms with van der Waals surface area (Å²) in [6.45, 7) is 2.65. The van der Waals surface area contributed by atoms with Crippen LogP contribution in [0.25, 0.3) is 17.1 Å². The molecule has 0 aliphatic carbocycles. The summed E-state index contributed by atoms with van der Waals surface area (Å²) in [5, 5.41) is 10.5. The maximum absolute atomic E-state index is 4.37. The molecule has 25 heavy (non-hydrogen) atoms. The second-order valence-corrected chi connectivity index (χ2v) is 5.82. The summed E-state index contributed by atoms with van der Waals surface area (Å²) in [7, 11) is 0. The quantitative estimate of drug-likeness (QED) is 0.587. The molecule has 6 nitrogen and oxygen atoms in total. The van der Waals surface area contributed by atoms with Crippen LogP contribution in [0.3, 0.4) is 0 Å². The highest BCUT2D eigenvalue weighted by Gasteiger charge is 2.04. The Kier molecular flexibility index (Phi) is 4.00. The monoisotopic (exact) mass is 330 g/mol. The zero-order chi connectivity index (χ0) is 17.1. The average molecular weight is 330 g/mol. The third kappa shape index (κ3) is 3.42. The molecule has 0 aliphatic heterocycles. The first kappa shape index (κ1) is 15.1. The third-order valence-electron chi connectivity index (χ3n) is 3.95. The van der Waals surface area contributed by atoms with Gasteiger partial charge in [-0.15, -0.1) is 0 Å². The van der Waals surface area contributed by atoms with Gasteiger partial charge in [-0.25, -0.2) is 9.97 Å². The molecular formula is C19H18N6. The molecular weight excluding hydrogens is 312 g/mol. The van der Waals surface area contributed by atoms with Crippen LogP contribution in [0.2, 0.25) is 0 Å². The van der Waals surface area contributed by atoms with E-state index in [9.17, 15) is 0 Å². The number of H-pyrrole nitrogens is 1. The topological polar surface area (TPSA) is 71.4 Å². The lowest BCUT2D eigenvalue weighted by Crippen LogP contribution is -2.00. The molecule has 2 N–H and O–H groups in total. The Morgan fingerprint density at radius 3 is 2.72 bits per heavy atom. The van der Waals surface area contributed by atoms with E-state index < -0.39 is 0 Å². The van der Waals surface area contributed by atoms with Crippen molar-refractivity contribution in [3.05, 3.63) is 78.6 Å². The van der Waals surface area contributed by atoms with E-state index in [2.05, 4.69) is 55.8 Å². The summed E-state index contributed by atoms with van der Waals surface area (Å²) in [6, 6.07) is 16.5. The summed E-state index contributed by atoms with van der Waals surface area (Å²) in [5.41, 5.74) is 4.34. The second kappa shape index (κ2) is 6.60. The fourth-order valence-electron chi connectivity index (χ4n) is 2.64. The first-order chi connectivity index (χ1) is 12.3. The Morgan fingerprint density at radius 1 is 1.12 bits per heavy atom. The first-order valence-corrected chi connectivity index (χ1v) is 8.08.